The highest BCUT2D eigenvalue weighted by molar-refractivity contribution is 5.94. The average Bonchev–Trinajstić information content (AvgIpc) is 2.94. The van der Waals surface area contributed by atoms with E-state index in [-0.39, 0.29) is 36.9 Å². The van der Waals surface area contributed by atoms with Crippen molar-refractivity contribution in [3.05, 3.63) is 35.6 Å². The number of nitrogens with one attached hydrogen (secondary N) is 1. The Labute approximate surface area is 150 Å². The first kappa shape index (κ1) is 18.7. The molecule has 0 bridgehead atoms. The predicted molar refractivity (Wildman–Crippen MR) is 90.3 cm³/mol. The summed E-state index contributed by atoms with van der Waals surface area (Å²) in [5, 5.41) is 2.79. The summed E-state index contributed by atoms with van der Waals surface area (Å²) in [6.07, 6.45) is 1.04. The van der Waals surface area contributed by atoms with E-state index in [1.165, 1.54) is 23.1 Å². The molecule has 1 N–H and O–H groups in total. The summed E-state index contributed by atoms with van der Waals surface area (Å²) in [7, 11) is 0. The van der Waals surface area contributed by atoms with Gasteiger partial charge in [0.25, 0.3) is 11.8 Å². The Hall–Kier alpha value is -2.05. The molecule has 0 spiro atoms. The fourth-order valence-corrected chi connectivity index (χ4v) is 3.84. The molecule has 142 valence electrons. The molecule has 2 amide bonds. The van der Waals surface area contributed by atoms with Gasteiger partial charge in [-0.05, 0) is 37.0 Å². The second-order valence-corrected chi connectivity index (χ2v) is 7.37. The Morgan fingerprint density at radius 2 is 2.00 bits per heavy atom. The maximum Gasteiger partial charge on any atom is 0.259 e. The van der Waals surface area contributed by atoms with Crippen molar-refractivity contribution in [2.24, 2.45) is 11.8 Å². The van der Waals surface area contributed by atoms with Gasteiger partial charge in [0.05, 0.1) is 6.04 Å². The van der Waals surface area contributed by atoms with Crippen LogP contribution in [0, 0.1) is 17.7 Å². The minimum absolute atomic E-state index is 0.0614. The van der Waals surface area contributed by atoms with Gasteiger partial charge in [-0.3, -0.25) is 9.59 Å². The average molecular weight is 368 g/mol. The van der Waals surface area contributed by atoms with E-state index in [0.29, 0.717) is 19.4 Å². The predicted octanol–water partition coefficient (Wildman–Crippen LogP) is 3.23. The molecule has 2 aliphatic rings. The number of likely N-dealkylation sites (tertiary alicyclic amines) is 1. The molecular weight excluding hydrogens is 345 g/mol. The minimum Gasteiger partial charge on any atom is -0.347 e. The van der Waals surface area contributed by atoms with Crippen LogP contribution in [0.1, 0.15) is 43.0 Å². The third-order valence-electron chi connectivity index (χ3n) is 5.39. The topological polar surface area (TPSA) is 49.4 Å². The highest BCUT2D eigenvalue weighted by atomic mass is 19.3. The summed E-state index contributed by atoms with van der Waals surface area (Å²) in [5.41, 5.74) is 0.195. The summed E-state index contributed by atoms with van der Waals surface area (Å²) in [5.74, 6) is -5.74. The molecule has 1 heterocycles. The molecule has 1 unspecified atom stereocenters. The summed E-state index contributed by atoms with van der Waals surface area (Å²) in [6.45, 7) is 2.40. The van der Waals surface area contributed by atoms with Crippen LogP contribution >= 0.6 is 0 Å². The van der Waals surface area contributed by atoms with Gasteiger partial charge in [-0.2, -0.15) is 0 Å². The highest BCUT2D eigenvalue weighted by Crippen LogP contribution is 2.40. The molecule has 1 saturated carbocycles. The van der Waals surface area contributed by atoms with Gasteiger partial charge in [0, 0.05) is 25.1 Å². The quantitative estimate of drug-likeness (QED) is 0.891. The van der Waals surface area contributed by atoms with Crippen LogP contribution < -0.4 is 5.32 Å². The molecule has 7 heteroatoms. The van der Waals surface area contributed by atoms with Crippen LogP contribution in [0.2, 0.25) is 0 Å². The van der Waals surface area contributed by atoms with Crippen LogP contribution in [0.4, 0.5) is 13.2 Å². The number of hydrogen-bond acceptors (Lipinski definition) is 2. The molecule has 1 aliphatic carbocycles. The molecule has 2 fully saturated rings. The third kappa shape index (κ3) is 3.86. The van der Waals surface area contributed by atoms with Crippen LogP contribution in [0.25, 0.3) is 0 Å². The first-order chi connectivity index (χ1) is 12.3. The van der Waals surface area contributed by atoms with Gasteiger partial charge in [-0.25, -0.2) is 13.2 Å². The second kappa shape index (κ2) is 7.29. The van der Waals surface area contributed by atoms with E-state index in [1.807, 2.05) is 6.92 Å². The van der Waals surface area contributed by atoms with Gasteiger partial charge in [0.1, 0.15) is 11.7 Å². The van der Waals surface area contributed by atoms with Crippen molar-refractivity contribution in [3.8, 4) is 0 Å². The van der Waals surface area contributed by atoms with Gasteiger partial charge in [0.2, 0.25) is 5.91 Å². The molecule has 26 heavy (non-hydrogen) atoms. The summed E-state index contributed by atoms with van der Waals surface area (Å²) < 4.78 is 41.4. The lowest BCUT2D eigenvalue weighted by Crippen LogP contribution is -2.46. The van der Waals surface area contributed by atoms with Gasteiger partial charge < -0.3 is 10.2 Å². The second-order valence-electron chi connectivity index (χ2n) is 7.37. The van der Waals surface area contributed by atoms with Gasteiger partial charge >= 0.3 is 0 Å². The van der Waals surface area contributed by atoms with E-state index in [4.69, 9.17) is 0 Å². The SMILES string of the molecule is C[C@@H]1CN(C(=O)C2CCCCC2(F)F)C[C@H]1NC(=O)c1cccc(F)c1. The lowest BCUT2D eigenvalue weighted by molar-refractivity contribution is -0.155. The Kier molecular flexibility index (Phi) is 5.25. The number of benzene rings is 1. The van der Waals surface area contributed by atoms with Gasteiger partial charge in [-0.1, -0.05) is 19.4 Å². The molecule has 1 aromatic rings. The fraction of sp³-hybridized carbons (Fsp3) is 0.579. The van der Waals surface area contributed by atoms with E-state index in [2.05, 4.69) is 5.32 Å². The van der Waals surface area contributed by atoms with Crippen LogP contribution in [0.15, 0.2) is 24.3 Å². The Bertz CT molecular complexity index is 695. The molecule has 1 saturated heterocycles. The maximum absolute atomic E-state index is 14.1. The monoisotopic (exact) mass is 368 g/mol. The number of nitrogens with zero attached hydrogens (tertiary/aromatic N) is 1. The van der Waals surface area contributed by atoms with Crippen LogP contribution in [0.3, 0.4) is 0 Å². The number of amides is 2. The summed E-state index contributed by atoms with van der Waals surface area (Å²) in [4.78, 5) is 26.3. The molecule has 1 aliphatic heterocycles. The van der Waals surface area contributed by atoms with E-state index >= 15 is 0 Å². The molecule has 0 radical (unpaired) electrons. The van der Waals surface area contributed by atoms with Gasteiger partial charge in [0.15, 0.2) is 0 Å². The normalized spacial score (nSPS) is 28.0. The van der Waals surface area contributed by atoms with Crippen LogP contribution in [-0.2, 0) is 4.79 Å². The zero-order valence-electron chi connectivity index (χ0n) is 14.7. The molecule has 3 rings (SSSR count). The van der Waals surface area contributed by atoms with E-state index < -0.39 is 29.5 Å². The summed E-state index contributed by atoms with van der Waals surface area (Å²) in [6, 6.07) is 5.00. The van der Waals surface area contributed by atoms with Crippen molar-refractivity contribution < 1.29 is 22.8 Å². The standard InChI is InChI=1S/C19H23F3N2O2/c1-12-10-24(18(26)15-7-2-3-8-19(15,21)22)11-16(12)23-17(25)13-5-4-6-14(20)9-13/h4-6,9,12,15-16H,2-3,7-8,10-11H2,1H3,(H,23,25)/t12-,15?,16-/m1/s1. The maximum atomic E-state index is 14.1. The molecule has 3 atom stereocenters. The third-order valence-corrected chi connectivity index (χ3v) is 5.39. The van der Waals surface area contributed by atoms with E-state index in [0.717, 1.165) is 6.07 Å². The Morgan fingerprint density at radius 1 is 1.23 bits per heavy atom. The number of hydrogen-bond donors (Lipinski definition) is 1. The fourth-order valence-electron chi connectivity index (χ4n) is 3.84. The van der Waals surface area contributed by atoms with E-state index in [1.54, 1.807) is 0 Å². The number of carbonyl (C=O) groups is 2. The lowest BCUT2D eigenvalue weighted by atomic mass is 9.84. The number of rotatable bonds is 3. The van der Waals surface area contributed by atoms with Crippen LogP contribution in [0.5, 0.6) is 0 Å². The minimum atomic E-state index is -2.96. The zero-order valence-corrected chi connectivity index (χ0v) is 14.7. The first-order valence-electron chi connectivity index (χ1n) is 9.01. The van der Waals surface area contributed by atoms with Crippen molar-refractivity contribution in [2.75, 3.05) is 13.1 Å². The number of halogens is 3. The van der Waals surface area contributed by atoms with Crippen molar-refractivity contribution in [1.29, 1.82) is 0 Å². The van der Waals surface area contributed by atoms with Crippen molar-refractivity contribution in [3.63, 3.8) is 0 Å². The summed E-state index contributed by atoms with van der Waals surface area (Å²) >= 11 is 0. The number of carbonyl (C=O) groups excluding carboxylic acids is 2. The van der Waals surface area contributed by atoms with Crippen molar-refractivity contribution in [1.82, 2.24) is 10.2 Å². The Balaban J connectivity index is 1.64. The zero-order chi connectivity index (χ0) is 18.9. The smallest absolute Gasteiger partial charge is 0.259 e. The molecule has 1 aromatic carbocycles. The lowest BCUT2D eigenvalue weighted by Gasteiger charge is -2.33. The molecule has 0 aromatic heterocycles. The molecule has 4 nitrogen and oxygen atoms in total. The first-order valence-corrected chi connectivity index (χ1v) is 9.01. The Morgan fingerprint density at radius 3 is 2.69 bits per heavy atom. The van der Waals surface area contributed by atoms with E-state index in [9.17, 15) is 22.8 Å². The highest BCUT2D eigenvalue weighted by Gasteiger charge is 2.48. The van der Waals surface area contributed by atoms with Crippen molar-refractivity contribution >= 4 is 11.8 Å². The largest absolute Gasteiger partial charge is 0.347 e. The van der Waals surface area contributed by atoms with Crippen molar-refractivity contribution in [2.45, 2.75) is 44.6 Å². The van der Waals surface area contributed by atoms with Gasteiger partial charge in [-0.15, -0.1) is 0 Å². The number of alkyl halides is 2. The van der Waals surface area contributed by atoms with Crippen LogP contribution in [-0.4, -0.2) is 41.8 Å². The molecular formula is C19H23F3N2O2.